The number of fused-ring (bicyclic) bond motifs is 1. The molecule has 0 unspecified atom stereocenters. The number of rotatable bonds is 5. The fourth-order valence-electron chi connectivity index (χ4n) is 2.97. The summed E-state index contributed by atoms with van der Waals surface area (Å²) in [6.07, 6.45) is 2.57. The number of aromatic nitrogens is 2. The van der Waals surface area contributed by atoms with Gasteiger partial charge in [0.25, 0.3) is 11.5 Å². The molecule has 0 saturated carbocycles. The first kappa shape index (κ1) is 23.0. The Morgan fingerprint density at radius 2 is 1.91 bits per heavy atom. The van der Waals surface area contributed by atoms with Gasteiger partial charge in [-0.1, -0.05) is 29.3 Å². The molecule has 1 N–H and O–H groups in total. The van der Waals surface area contributed by atoms with Crippen LogP contribution in [0.2, 0.25) is 10.0 Å². The molecule has 168 valence electrons. The van der Waals surface area contributed by atoms with Crippen molar-refractivity contribution in [2.24, 2.45) is 0 Å². The summed E-state index contributed by atoms with van der Waals surface area (Å²) in [7, 11) is 0. The van der Waals surface area contributed by atoms with E-state index < -0.39 is 22.9 Å². The van der Waals surface area contributed by atoms with E-state index in [1.165, 1.54) is 34.9 Å². The number of ether oxygens (including phenoxy) is 1. The molecule has 0 bridgehead atoms. The number of hydrogen-bond acceptors (Lipinski definition) is 5. The second-order valence-corrected chi connectivity index (χ2v) is 7.72. The van der Waals surface area contributed by atoms with Gasteiger partial charge in [-0.05, 0) is 60.7 Å². The number of nitrogens with one attached hydrogen (secondary N) is 1. The molecule has 0 spiro atoms. The van der Waals surface area contributed by atoms with Crippen molar-refractivity contribution in [3.05, 3.63) is 104 Å². The normalized spacial score (nSPS) is 11.2. The van der Waals surface area contributed by atoms with Crippen molar-refractivity contribution in [3.63, 3.8) is 0 Å². The van der Waals surface area contributed by atoms with Gasteiger partial charge >= 0.3 is 0 Å². The number of carbonyl (C=O) groups excluding carboxylic acids is 1. The molecule has 2 heterocycles. The van der Waals surface area contributed by atoms with Gasteiger partial charge in [0.2, 0.25) is 5.88 Å². The molecule has 0 aliphatic rings. The molecule has 7 nitrogen and oxygen atoms in total. The van der Waals surface area contributed by atoms with Crippen LogP contribution in [0.1, 0.15) is 5.56 Å². The zero-order valence-electron chi connectivity index (χ0n) is 17.1. The molecule has 4 aromatic rings. The van der Waals surface area contributed by atoms with Crippen LogP contribution in [0.3, 0.4) is 0 Å². The lowest BCUT2D eigenvalue weighted by Gasteiger charge is -2.11. The first-order valence-corrected chi connectivity index (χ1v) is 10.4. The van der Waals surface area contributed by atoms with Gasteiger partial charge in [0.1, 0.15) is 34.4 Å². The van der Waals surface area contributed by atoms with E-state index in [4.69, 9.17) is 27.9 Å². The summed E-state index contributed by atoms with van der Waals surface area (Å²) in [6, 6.07) is 16.2. The van der Waals surface area contributed by atoms with Crippen molar-refractivity contribution in [2.75, 3.05) is 5.32 Å². The van der Waals surface area contributed by atoms with Gasteiger partial charge in [-0.25, -0.2) is 4.39 Å². The van der Waals surface area contributed by atoms with Gasteiger partial charge in [0.15, 0.2) is 0 Å². The molecule has 0 aliphatic heterocycles. The fraction of sp³-hybridized carbons (Fsp3) is 0. The predicted octanol–water partition coefficient (Wildman–Crippen LogP) is 5.48. The molecule has 0 atom stereocenters. The maximum absolute atomic E-state index is 13.2. The Morgan fingerprint density at radius 3 is 2.62 bits per heavy atom. The number of halogens is 3. The summed E-state index contributed by atoms with van der Waals surface area (Å²) < 4.78 is 20.2. The van der Waals surface area contributed by atoms with Crippen LogP contribution in [-0.4, -0.2) is 15.3 Å². The molecule has 10 heteroatoms. The van der Waals surface area contributed by atoms with E-state index in [1.54, 1.807) is 30.3 Å². The van der Waals surface area contributed by atoms with E-state index in [-0.39, 0.29) is 33.6 Å². The fourth-order valence-corrected chi connectivity index (χ4v) is 3.42. The summed E-state index contributed by atoms with van der Waals surface area (Å²) in [5, 5.41) is 12.6. The standard InChI is InChI=1S/C24H13Cl2FN4O3/c25-15-4-9-20(19(26)12-15)34-23-18(24(33)31-10-2-1-3-21(31)30-23)11-14(13-28)22(32)29-17-7-5-16(27)6-8-17/h1-12H,(H,29,32)/b14-11-. The predicted molar refractivity (Wildman–Crippen MR) is 127 cm³/mol. The van der Waals surface area contributed by atoms with Crippen LogP contribution in [0.4, 0.5) is 10.1 Å². The largest absolute Gasteiger partial charge is 0.437 e. The third-order valence-electron chi connectivity index (χ3n) is 4.59. The molecule has 0 aliphatic carbocycles. The van der Waals surface area contributed by atoms with Crippen LogP contribution in [0, 0.1) is 17.1 Å². The van der Waals surface area contributed by atoms with Crippen LogP contribution in [0.5, 0.6) is 11.6 Å². The van der Waals surface area contributed by atoms with Crippen molar-refractivity contribution in [1.29, 1.82) is 5.26 Å². The summed E-state index contributed by atoms with van der Waals surface area (Å²) in [5.74, 6) is -1.28. The number of benzene rings is 2. The lowest BCUT2D eigenvalue weighted by Crippen LogP contribution is -2.20. The van der Waals surface area contributed by atoms with E-state index in [2.05, 4.69) is 10.3 Å². The van der Waals surface area contributed by atoms with Crippen molar-refractivity contribution in [3.8, 4) is 17.7 Å². The van der Waals surface area contributed by atoms with Crippen LogP contribution in [0.25, 0.3) is 11.7 Å². The van der Waals surface area contributed by atoms with Crippen LogP contribution >= 0.6 is 23.2 Å². The highest BCUT2D eigenvalue weighted by Crippen LogP contribution is 2.32. The Labute approximate surface area is 202 Å². The number of carbonyl (C=O) groups is 1. The summed E-state index contributed by atoms with van der Waals surface area (Å²) in [4.78, 5) is 30.2. The lowest BCUT2D eigenvalue weighted by molar-refractivity contribution is -0.112. The van der Waals surface area contributed by atoms with Crippen LogP contribution in [-0.2, 0) is 4.79 Å². The molecular formula is C24H13Cl2FN4O3. The first-order valence-electron chi connectivity index (χ1n) is 9.69. The van der Waals surface area contributed by atoms with Gasteiger partial charge < -0.3 is 10.1 Å². The molecule has 0 radical (unpaired) electrons. The van der Waals surface area contributed by atoms with E-state index in [0.29, 0.717) is 5.02 Å². The first-order chi connectivity index (χ1) is 16.4. The quantitative estimate of drug-likeness (QED) is 0.292. The van der Waals surface area contributed by atoms with E-state index in [9.17, 15) is 19.2 Å². The van der Waals surface area contributed by atoms with Crippen molar-refractivity contribution in [2.45, 2.75) is 0 Å². The number of nitriles is 1. The molecule has 4 rings (SSSR count). The molecule has 2 aromatic carbocycles. The zero-order chi connectivity index (χ0) is 24.2. The summed E-state index contributed by atoms with van der Waals surface area (Å²) >= 11 is 12.1. The second kappa shape index (κ2) is 9.75. The third kappa shape index (κ3) is 4.91. The minimum atomic E-state index is -0.804. The number of amides is 1. The Balaban J connectivity index is 1.81. The average Bonchev–Trinajstić information content (AvgIpc) is 2.82. The Kier molecular flexibility index (Phi) is 6.59. The summed E-state index contributed by atoms with van der Waals surface area (Å²) in [5.41, 5.74) is -0.580. The monoisotopic (exact) mass is 494 g/mol. The van der Waals surface area contributed by atoms with Crippen LogP contribution < -0.4 is 15.6 Å². The third-order valence-corrected chi connectivity index (χ3v) is 5.12. The summed E-state index contributed by atoms with van der Waals surface area (Å²) in [6.45, 7) is 0. The highest BCUT2D eigenvalue weighted by molar-refractivity contribution is 6.35. The molecule has 0 fully saturated rings. The average molecular weight is 495 g/mol. The topological polar surface area (TPSA) is 96.5 Å². The van der Waals surface area contributed by atoms with E-state index in [1.807, 2.05) is 0 Å². The molecule has 1 amide bonds. The van der Waals surface area contributed by atoms with Gasteiger partial charge in [0, 0.05) is 16.9 Å². The minimum Gasteiger partial charge on any atom is -0.437 e. The number of anilines is 1. The smallest absolute Gasteiger partial charge is 0.269 e. The highest BCUT2D eigenvalue weighted by Gasteiger charge is 2.18. The maximum atomic E-state index is 13.2. The van der Waals surface area contributed by atoms with Gasteiger partial charge in [-0.3, -0.25) is 14.0 Å². The Morgan fingerprint density at radius 1 is 1.15 bits per heavy atom. The Hall–Kier alpha value is -4.19. The highest BCUT2D eigenvalue weighted by atomic mass is 35.5. The van der Waals surface area contributed by atoms with Crippen molar-refractivity contribution in [1.82, 2.24) is 9.38 Å². The number of pyridine rings is 1. The number of hydrogen-bond donors (Lipinski definition) is 1. The SMILES string of the molecule is N#C/C(=C/c1c(Oc2ccc(Cl)cc2Cl)nc2ccccn2c1=O)C(=O)Nc1ccc(F)cc1. The molecule has 0 saturated heterocycles. The van der Waals surface area contributed by atoms with Crippen LogP contribution in [0.15, 0.2) is 77.2 Å². The van der Waals surface area contributed by atoms with Gasteiger partial charge in [-0.2, -0.15) is 10.2 Å². The van der Waals surface area contributed by atoms with Crippen molar-refractivity contribution < 1.29 is 13.9 Å². The molecule has 2 aromatic heterocycles. The molecular weight excluding hydrogens is 482 g/mol. The number of nitrogens with zero attached hydrogens (tertiary/aromatic N) is 3. The molecule has 34 heavy (non-hydrogen) atoms. The Bertz CT molecular complexity index is 1540. The van der Waals surface area contributed by atoms with Gasteiger partial charge in [-0.15, -0.1) is 0 Å². The van der Waals surface area contributed by atoms with E-state index >= 15 is 0 Å². The van der Waals surface area contributed by atoms with Crippen molar-refractivity contribution >= 4 is 46.5 Å². The zero-order valence-corrected chi connectivity index (χ0v) is 18.6. The minimum absolute atomic E-state index is 0.152. The maximum Gasteiger partial charge on any atom is 0.269 e. The van der Waals surface area contributed by atoms with Gasteiger partial charge in [0.05, 0.1) is 5.02 Å². The van der Waals surface area contributed by atoms with E-state index in [0.717, 1.165) is 18.2 Å². The second-order valence-electron chi connectivity index (χ2n) is 6.87. The lowest BCUT2D eigenvalue weighted by atomic mass is 10.1.